The summed E-state index contributed by atoms with van der Waals surface area (Å²) in [5.41, 5.74) is 6.25. The first-order valence-corrected chi connectivity index (χ1v) is 6.41. The second-order valence-electron chi connectivity index (χ2n) is 4.72. The Bertz CT molecular complexity index is 450. The summed E-state index contributed by atoms with van der Waals surface area (Å²) in [6.45, 7) is 1.88. The number of oxime groups is 1. The van der Waals surface area contributed by atoms with E-state index in [0.29, 0.717) is 17.3 Å². The molecule has 7 heteroatoms. The van der Waals surface area contributed by atoms with Gasteiger partial charge in [-0.3, -0.25) is 0 Å². The molecule has 4 N–H and O–H groups in total. The molecule has 1 aromatic heterocycles. The van der Waals surface area contributed by atoms with E-state index in [9.17, 15) is 0 Å². The molecule has 2 heterocycles. The molecule has 0 aliphatic carbocycles. The van der Waals surface area contributed by atoms with E-state index in [4.69, 9.17) is 16.0 Å². The van der Waals surface area contributed by atoms with Crippen LogP contribution in [0.3, 0.4) is 0 Å². The molecule has 2 rings (SSSR count). The number of piperidine rings is 1. The molecule has 0 radical (unpaired) electrons. The lowest BCUT2D eigenvalue weighted by molar-refractivity contribution is 0.244. The van der Waals surface area contributed by atoms with Gasteiger partial charge >= 0.3 is 0 Å². The Morgan fingerprint density at radius 1 is 1.58 bits per heavy atom. The topological polar surface area (TPSA) is 108 Å². The highest BCUT2D eigenvalue weighted by molar-refractivity contribution is 6.01. The van der Waals surface area contributed by atoms with Crippen molar-refractivity contribution in [3.63, 3.8) is 0 Å². The lowest BCUT2D eigenvalue weighted by Crippen LogP contribution is -2.37. The summed E-state index contributed by atoms with van der Waals surface area (Å²) >= 11 is 0. The van der Waals surface area contributed by atoms with Gasteiger partial charge in [0.1, 0.15) is 0 Å². The van der Waals surface area contributed by atoms with E-state index >= 15 is 0 Å². The Morgan fingerprint density at radius 3 is 3.16 bits per heavy atom. The minimum absolute atomic E-state index is 0.0363. The number of anilines is 1. The maximum absolute atomic E-state index is 9.04. The average Bonchev–Trinajstić information content (AvgIpc) is 2.47. The first-order valence-electron chi connectivity index (χ1n) is 6.41. The van der Waals surface area contributed by atoms with Crippen molar-refractivity contribution in [3.8, 4) is 0 Å². The van der Waals surface area contributed by atoms with Crippen LogP contribution in [0.2, 0.25) is 0 Å². The fourth-order valence-electron chi connectivity index (χ4n) is 2.49. The Hall–Kier alpha value is -1.89. The highest BCUT2D eigenvalue weighted by Gasteiger charge is 2.23. The second kappa shape index (κ2) is 6.33. The molecular weight excluding hydrogens is 246 g/mol. The van der Waals surface area contributed by atoms with Crippen LogP contribution in [0.15, 0.2) is 17.4 Å². The third-order valence-electron chi connectivity index (χ3n) is 3.44. The van der Waals surface area contributed by atoms with Crippen molar-refractivity contribution >= 4 is 11.7 Å². The van der Waals surface area contributed by atoms with Crippen LogP contribution in [0.25, 0.3) is 0 Å². The first-order chi connectivity index (χ1) is 9.26. The maximum atomic E-state index is 9.04. The van der Waals surface area contributed by atoms with Crippen molar-refractivity contribution in [3.05, 3.63) is 17.8 Å². The highest BCUT2D eigenvalue weighted by atomic mass is 16.4. The minimum atomic E-state index is 0.0363. The van der Waals surface area contributed by atoms with Gasteiger partial charge < -0.3 is 20.9 Å². The molecule has 0 saturated carbocycles. The number of hydrogen-bond acceptors (Lipinski definition) is 6. The van der Waals surface area contributed by atoms with Gasteiger partial charge in [0, 0.05) is 19.7 Å². The molecule has 104 valence electrons. The van der Waals surface area contributed by atoms with Crippen LogP contribution >= 0.6 is 0 Å². The van der Waals surface area contributed by atoms with Crippen molar-refractivity contribution in [2.45, 2.75) is 19.3 Å². The molecule has 1 unspecified atom stereocenters. The number of nitrogens with two attached hydrogens (primary N) is 1. The zero-order valence-corrected chi connectivity index (χ0v) is 10.7. The summed E-state index contributed by atoms with van der Waals surface area (Å²) in [6.07, 6.45) is 4.45. The smallest absolute Gasteiger partial charge is 0.173 e. The number of rotatable bonds is 4. The lowest BCUT2D eigenvalue weighted by atomic mass is 9.95. The van der Waals surface area contributed by atoms with Gasteiger partial charge in [-0.1, -0.05) is 5.16 Å². The molecule has 1 atom stereocenters. The number of aliphatic hydroxyl groups excluding tert-OH is 1. The van der Waals surface area contributed by atoms with Gasteiger partial charge in [-0.25, -0.2) is 0 Å². The van der Waals surface area contributed by atoms with E-state index < -0.39 is 0 Å². The zero-order chi connectivity index (χ0) is 13.7. The number of hydrogen-bond donors (Lipinski definition) is 3. The quantitative estimate of drug-likeness (QED) is 0.310. The Labute approximate surface area is 111 Å². The third-order valence-corrected chi connectivity index (χ3v) is 3.44. The van der Waals surface area contributed by atoms with Crippen LogP contribution in [0.1, 0.15) is 24.8 Å². The normalized spacial score (nSPS) is 20.6. The molecule has 1 aliphatic rings. The molecule has 1 aromatic rings. The fourth-order valence-corrected chi connectivity index (χ4v) is 2.49. The summed E-state index contributed by atoms with van der Waals surface area (Å²) < 4.78 is 0. The monoisotopic (exact) mass is 265 g/mol. The van der Waals surface area contributed by atoms with Crippen LogP contribution in [-0.2, 0) is 0 Å². The van der Waals surface area contributed by atoms with E-state index in [2.05, 4.69) is 20.3 Å². The molecule has 1 fully saturated rings. The fraction of sp³-hybridized carbons (Fsp3) is 0.583. The lowest BCUT2D eigenvalue weighted by Gasteiger charge is -2.33. The van der Waals surface area contributed by atoms with E-state index in [0.717, 1.165) is 32.4 Å². The van der Waals surface area contributed by atoms with Crippen molar-refractivity contribution in [2.75, 3.05) is 24.6 Å². The van der Waals surface area contributed by atoms with Gasteiger partial charge in [-0.05, 0) is 31.2 Å². The van der Waals surface area contributed by atoms with E-state index in [-0.39, 0.29) is 12.4 Å². The largest absolute Gasteiger partial charge is 0.409 e. The number of aliphatic hydroxyl groups is 1. The van der Waals surface area contributed by atoms with Crippen LogP contribution in [0, 0.1) is 5.92 Å². The molecule has 0 aromatic carbocycles. The molecule has 7 nitrogen and oxygen atoms in total. The maximum Gasteiger partial charge on any atom is 0.173 e. The van der Waals surface area contributed by atoms with E-state index in [1.54, 1.807) is 6.07 Å². The molecule has 0 bridgehead atoms. The molecular formula is C12H19N5O2. The predicted octanol–water partition coefficient (Wildman–Crippen LogP) is 0.170. The number of aromatic nitrogens is 2. The van der Waals surface area contributed by atoms with Crippen LogP contribution < -0.4 is 10.6 Å². The van der Waals surface area contributed by atoms with E-state index in [1.807, 2.05) is 0 Å². The summed E-state index contributed by atoms with van der Waals surface area (Å²) in [6, 6.07) is 1.69. The predicted molar refractivity (Wildman–Crippen MR) is 71.2 cm³/mol. The third kappa shape index (κ3) is 3.11. The van der Waals surface area contributed by atoms with Gasteiger partial charge in [-0.2, -0.15) is 5.10 Å². The van der Waals surface area contributed by atoms with Gasteiger partial charge in [0.15, 0.2) is 11.7 Å². The molecule has 1 saturated heterocycles. The van der Waals surface area contributed by atoms with Crippen molar-refractivity contribution < 1.29 is 10.3 Å². The summed E-state index contributed by atoms with van der Waals surface area (Å²) in [5.74, 6) is 1.12. The zero-order valence-electron chi connectivity index (χ0n) is 10.7. The van der Waals surface area contributed by atoms with Crippen molar-refractivity contribution in [1.82, 2.24) is 10.2 Å². The van der Waals surface area contributed by atoms with E-state index in [1.165, 1.54) is 6.20 Å². The molecule has 19 heavy (non-hydrogen) atoms. The standard InChI is InChI=1S/C12H19N5O2/c13-11(16-19)10-3-5-14-15-12(10)17-6-1-2-9(8-17)4-7-18/h3,5,9,18-19H,1-2,4,6-8H2,(H2,13,16). The van der Waals surface area contributed by atoms with Gasteiger partial charge in [0.05, 0.1) is 11.8 Å². The van der Waals surface area contributed by atoms with Crippen LogP contribution in [-0.4, -0.2) is 46.0 Å². The minimum Gasteiger partial charge on any atom is -0.409 e. The summed E-state index contributed by atoms with van der Waals surface area (Å²) in [5, 5.41) is 28.9. The highest BCUT2D eigenvalue weighted by Crippen LogP contribution is 2.25. The molecule has 1 aliphatic heterocycles. The van der Waals surface area contributed by atoms with Gasteiger partial charge in [0.2, 0.25) is 0 Å². The van der Waals surface area contributed by atoms with Crippen molar-refractivity contribution in [1.29, 1.82) is 0 Å². The van der Waals surface area contributed by atoms with Crippen LogP contribution in [0.4, 0.5) is 5.82 Å². The number of nitrogens with zero attached hydrogens (tertiary/aromatic N) is 4. The molecule has 0 spiro atoms. The average molecular weight is 265 g/mol. The Balaban J connectivity index is 2.21. The molecule has 0 amide bonds. The Kier molecular flexibility index (Phi) is 4.51. The second-order valence-corrected chi connectivity index (χ2v) is 4.72. The first kappa shape index (κ1) is 13.5. The SMILES string of the molecule is N/C(=N/O)c1ccnnc1N1CCCC(CCO)C1. The summed E-state index contributed by atoms with van der Waals surface area (Å²) in [7, 11) is 0. The van der Waals surface area contributed by atoms with Crippen LogP contribution in [0.5, 0.6) is 0 Å². The van der Waals surface area contributed by atoms with Gasteiger partial charge in [0.25, 0.3) is 0 Å². The van der Waals surface area contributed by atoms with Crippen molar-refractivity contribution in [2.24, 2.45) is 16.8 Å². The summed E-state index contributed by atoms with van der Waals surface area (Å²) in [4.78, 5) is 2.09. The van der Waals surface area contributed by atoms with Gasteiger partial charge in [-0.15, -0.1) is 5.10 Å². The Morgan fingerprint density at radius 2 is 2.42 bits per heavy atom. The number of amidine groups is 1.